The second-order valence-corrected chi connectivity index (χ2v) is 15.8. The Morgan fingerprint density at radius 2 is 1.54 bits per heavy atom. The molecule has 6 N–H and O–H groups in total. The summed E-state index contributed by atoms with van der Waals surface area (Å²) in [5, 5.41) is 63.9. The highest BCUT2D eigenvalue weighted by molar-refractivity contribution is 5.80. The number of carbonyl (C=O) groups excluding carboxylic acids is 1. The van der Waals surface area contributed by atoms with E-state index in [4.69, 9.17) is 23.7 Å². The van der Waals surface area contributed by atoms with Crippen LogP contribution in [0, 0.1) is 34.5 Å². The van der Waals surface area contributed by atoms with Crippen LogP contribution < -0.4 is 0 Å². The smallest absolute Gasteiger partial charge is 0.187 e. The summed E-state index contributed by atoms with van der Waals surface area (Å²) in [6.07, 6.45) is -4.14. The van der Waals surface area contributed by atoms with Gasteiger partial charge in [-0.05, 0) is 94.8 Å². The molecule has 2 saturated heterocycles. The third-order valence-electron chi connectivity index (χ3n) is 13.8. The number of carbonyl (C=O) groups is 1. The van der Waals surface area contributed by atoms with E-state index in [0.717, 1.165) is 51.4 Å². The summed E-state index contributed by atoms with van der Waals surface area (Å²) in [7, 11) is 1.43. The molecule has 6 aliphatic rings. The SMILES string of the molecule is COC1C(O)C(OC2CCC3(C)C(CCC4C3CCC3(C)C(C(C)=O)CCC43O)C2)OC(C)C1OC1OC(CO)C(O)C(O)C1O. The van der Waals surface area contributed by atoms with Gasteiger partial charge in [0.2, 0.25) is 0 Å². The standard InChI is InChI=1S/C34H56O12/c1-16(36)20-10-13-34(41)22-7-6-18-14-19(8-11-32(18,3)21(22)9-12-33(20,34)4)44-31-27(40)29(42-5)28(17(2)43-31)46-30-26(39)25(38)24(37)23(15-35)45-30/h17-31,35,37-41H,6-15H2,1-5H3. The van der Waals surface area contributed by atoms with Crippen LogP contribution in [-0.4, -0.2) is 123 Å². The van der Waals surface area contributed by atoms with Crippen molar-refractivity contribution in [1.82, 2.24) is 0 Å². The van der Waals surface area contributed by atoms with Crippen molar-refractivity contribution in [1.29, 1.82) is 0 Å². The van der Waals surface area contributed by atoms with Gasteiger partial charge in [-0.1, -0.05) is 13.8 Å². The molecule has 46 heavy (non-hydrogen) atoms. The van der Waals surface area contributed by atoms with Crippen LogP contribution in [0.1, 0.15) is 85.5 Å². The molecule has 18 unspecified atom stereocenters. The first-order chi connectivity index (χ1) is 21.7. The lowest BCUT2D eigenvalue weighted by molar-refractivity contribution is -0.362. The van der Waals surface area contributed by atoms with E-state index in [1.54, 1.807) is 13.8 Å². The second-order valence-electron chi connectivity index (χ2n) is 15.8. The fourth-order valence-electron chi connectivity index (χ4n) is 11.0. The van der Waals surface area contributed by atoms with Crippen molar-refractivity contribution in [2.24, 2.45) is 34.5 Å². The van der Waals surface area contributed by atoms with E-state index in [-0.39, 0.29) is 34.6 Å². The van der Waals surface area contributed by atoms with Crippen LogP contribution >= 0.6 is 0 Å². The van der Waals surface area contributed by atoms with Gasteiger partial charge in [0.05, 0.1) is 24.4 Å². The van der Waals surface area contributed by atoms with Crippen molar-refractivity contribution in [3.05, 3.63) is 0 Å². The van der Waals surface area contributed by atoms with Crippen LogP contribution in [0.5, 0.6) is 0 Å². The molecule has 264 valence electrons. The molecule has 0 aromatic rings. The fraction of sp³-hybridized carbons (Fsp3) is 0.971. The van der Waals surface area contributed by atoms with E-state index >= 15 is 0 Å². The quantitative estimate of drug-likeness (QED) is 0.214. The predicted octanol–water partition coefficient (Wildman–Crippen LogP) is 1.04. The molecular weight excluding hydrogens is 600 g/mol. The molecule has 18 atom stereocenters. The fourth-order valence-corrected chi connectivity index (χ4v) is 11.0. The molecule has 6 rings (SSSR count). The summed E-state index contributed by atoms with van der Waals surface area (Å²) in [4.78, 5) is 12.5. The van der Waals surface area contributed by atoms with Gasteiger partial charge in [0.1, 0.15) is 48.5 Å². The van der Waals surface area contributed by atoms with Crippen molar-refractivity contribution in [3.63, 3.8) is 0 Å². The van der Waals surface area contributed by atoms with Gasteiger partial charge in [-0.25, -0.2) is 0 Å². The molecule has 6 fully saturated rings. The van der Waals surface area contributed by atoms with E-state index in [2.05, 4.69) is 13.8 Å². The summed E-state index contributed by atoms with van der Waals surface area (Å²) < 4.78 is 29.7. The molecule has 0 aromatic carbocycles. The molecule has 12 heteroatoms. The Labute approximate surface area is 271 Å². The van der Waals surface area contributed by atoms with E-state index in [0.29, 0.717) is 18.3 Å². The number of hydrogen-bond acceptors (Lipinski definition) is 12. The summed E-state index contributed by atoms with van der Waals surface area (Å²) in [5.74, 6) is 1.14. The van der Waals surface area contributed by atoms with Gasteiger partial charge < -0.3 is 54.3 Å². The molecule has 2 heterocycles. The average Bonchev–Trinajstić information content (AvgIpc) is 3.31. The zero-order valence-corrected chi connectivity index (χ0v) is 27.9. The van der Waals surface area contributed by atoms with Gasteiger partial charge in [0.15, 0.2) is 12.6 Å². The van der Waals surface area contributed by atoms with Crippen molar-refractivity contribution in [2.75, 3.05) is 13.7 Å². The Hall–Kier alpha value is -0.770. The second kappa shape index (κ2) is 12.8. The Morgan fingerprint density at radius 3 is 2.22 bits per heavy atom. The monoisotopic (exact) mass is 656 g/mol. The Kier molecular flexibility index (Phi) is 9.79. The lowest BCUT2D eigenvalue weighted by Crippen LogP contribution is -2.64. The van der Waals surface area contributed by atoms with Crippen LogP contribution in [0.3, 0.4) is 0 Å². The first kappa shape index (κ1) is 35.1. The third kappa shape index (κ3) is 5.42. The molecule has 0 amide bonds. The molecule has 12 nitrogen and oxygen atoms in total. The van der Waals surface area contributed by atoms with Crippen molar-refractivity contribution < 1.29 is 59.1 Å². The molecule has 4 aliphatic carbocycles. The number of rotatable bonds is 7. The molecule has 4 saturated carbocycles. The highest BCUT2D eigenvalue weighted by atomic mass is 16.7. The number of fused-ring (bicyclic) bond motifs is 5. The number of ether oxygens (including phenoxy) is 5. The minimum atomic E-state index is -1.60. The number of methoxy groups -OCH3 is 1. The normalized spacial score (nSPS) is 55.7. The number of hydrogen-bond donors (Lipinski definition) is 6. The summed E-state index contributed by atoms with van der Waals surface area (Å²) in [5.41, 5.74) is -1.09. The minimum absolute atomic E-state index is 0.0597. The third-order valence-corrected chi connectivity index (χ3v) is 13.8. The number of aliphatic hydroxyl groups is 6. The highest BCUT2D eigenvalue weighted by Gasteiger charge is 2.68. The van der Waals surface area contributed by atoms with Crippen LogP contribution in [-0.2, 0) is 28.5 Å². The Morgan fingerprint density at radius 1 is 0.826 bits per heavy atom. The van der Waals surface area contributed by atoms with Crippen LogP contribution in [0.4, 0.5) is 0 Å². The number of aliphatic hydroxyl groups excluding tert-OH is 5. The van der Waals surface area contributed by atoms with E-state index in [1.165, 1.54) is 7.11 Å². The molecule has 0 bridgehead atoms. The zero-order chi connectivity index (χ0) is 33.3. The van der Waals surface area contributed by atoms with Gasteiger partial charge in [-0.2, -0.15) is 0 Å². The van der Waals surface area contributed by atoms with Crippen molar-refractivity contribution in [3.8, 4) is 0 Å². The maximum atomic E-state index is 12.5. The molecule has 0 aromatic heterocycles. The van der Waals surface area contributed by atoms with Gasteiger partial charge in [0.25, 0.3) is 0 Å². The Balaban J connectivity index is 1.09. The van der Waals surface area contributed by atoms with Gasteiger partial charge in [-0.15, -0.1) is 0 Å². The van der Waals surface area contributed by atoms with Crippen LogP contribution in [0.2, 0.25) is 0 Å². The summed E-state index contributed by atoms with van der Waals surface area (Å²) in [6.45, 7) is 7.39. The topological polar surface area (TPSA) is 185 Å². The minimum Gasteiger partial charge on any atom is -0.394 e. The van der Waals surface area contributed by atoms with E-state index < -0.39 is 73.6 Å². The largest absolute Gasteiger partial charge is 0.394 e. The van der Waals surface area contributed by atoms with Crippen LogP contribution in [0.15, 0.2) is 0 Å². The summed E-state index contributed by atoms with van der Waals surface area (Å²) >= 11 is 0. The average molecular weight is 657 g/mol. The van der Waals surface area contributed by atoms with Gasteiger partial charge in [-0.3, -0.25) is 4.79 Å². The summed E-state index contributed by atoms with van der Waals surface area (Å²) in [6, 6.07) is 0. The van der Waals surface area contributed by atoms with Crippen molar-refractivity contribution >= 4 is 5.78 Å². The van der Waals surface area contributed by atoms with Gasteiger partial charge >= 0.3 is 0 Å². The first-order valence-corrected chi connectivity index (χ1v) is 17.4. The van der Waals surface area contributed by atoms with Gasteiger partial charge in [0, 0.05) is 18.4 Å². The van der Waals surface area contributed by atoms with E-state index in [9.17, 15) is 35.4 Å². The molecular formula is C34H56O12. The molecule has 2 aliphatic heterocycles. The maximum Gasteiger partial charge on any atom is 0.187 e. The van der Waals surface area contributed by atoms with Crippen molar-refractivity contribution in [2.45, 2.75) is 159 Å². The zero-order valence-electron chi connectivity index (χ0n) is 27.9. The van der Waals surface area contributed by atoms with E-state index in [1.807, 2.05) is 0 Å². The van der Waals surface area contributed by atoms with Crippen LogP contribution in [0.25, 0.3) is 0 Å². The first-order valence-electron chi connectivity index (χ1n) is 17.4. The predicted molar refractivity (Wildman–Crippen MR) is 162 cm³/mol. The number of ketones is 1. The number of Topliss-reactive ketones (excluding diaryl/α,β-unsaturated/α-hetero) is 1. The lowest BCUT2D eigenvalue weighted by atomic mass is 9.43. The Bertz CT molecular complexity index is 1110. The maximum absolute atomic E-state index is 12.5. The molecule has 0 spiro atoms. The molecule has 0 radical (unpaired) electrons. The highest BCUT2D eigenvalue weighted by Crippen LogP contribution is 2.69. The lowest BCUT2D eigenvalue weighted by Gasteiger charge is -2.63.